The van der Waals surface area contributed by atoms with Crippen LogP contribution in [-0.4, -0.2) is 9.78 Å². The Morgan fingerprint density at radius 2 is 2.36 bits per heavy atom. The van der Waals surface area contributed by atoms with Crippen LogP contribution in [0.1, 0.15) is 12.5 Å². The number of fused-ring (bicyclic) bond motifs is 1. The highest BCUT2D eigenvalue weighted by Crippen LogP contribution is 2.25. The molecule has 0 aliphatic carbocycles. The molecule has 0 aliphatic heterocycles. The molecule has 0 bridgehead atoms. The summed E-state index contributed by atoms with van der Waals surface area (Å²) in [4.78, 5) is 0. The van der Waals surface area contributed by atoms with Crippen molar-refractivity contribution in [2.45, 2.75) is 13.5 Å². The molecule has 0 fully saturated rings. The fourth-order valence-corrected chi connectivity index (χ4v) is 1.81. The summed E-state index contributed by atoms with van der Waals surface area (Å²) in [6, 6.07) is 7.61. The zero-order valence-electron chi connectivity index (χ0n) is 7.66. The predicted molar refractivity (Wildman–Crippen MR) is 55.1 cm³/mol. The second-order valence-electron chi connectivity index (χ2n) is 2.92. The fourth-order valence-electron chi connectivity index (χ4n) is 1.52. The van der Waals surface area contributed by atoms with Crippen molar-refractivity contribution in [3.63, 3.8) is 0 Å². The van der Waals surface area contributed by atoms with Crippen molar-refractivity contribution >= 4 is 22.5 Å². The van der Waals surface area contributed by atoms with Crippen LogP contribution in [0.5, 0.6) is 0 Å². The van der Waals surface area contributed by atoms with Crippen LogP contribution in [0.3, 0.4) is 0 Å². The number of aryl methyl sites for hydroxylation is 1. The third kappa shape index (κ3) is 1.16. The summed E-state index contributed by atoms with van der Waals surface area (Å²) < 4.78 is 1.79. The van der Waals surface area contributed by atoms with Gasteiger partial charge >= 0.3 is 0 Å². The van der Waals surface area contributed by atoms with Crippen LogP contribution < -0.4 is 0 Å². The fraction of sp³-hybridized carbons (Fsp3) is 0.200. The molecule has 2 aromatic rings. The van der Waals surface area contributed by atoms with Crippen LogP contribution in [0.25, 0.3) is 10.9 Å². The van der Waals surface area contributed by atoms with E-state index >= 15 is 0 Å². The van der Waals surface area contributed by atoms with Gasteiger partial charge in [-0.25, -0.2) is 0 Å². The summed E-state index contributed by atoms with van der Waals surface area (Å²) in [5.41, 5.74) is 1.49. The second kappa shape index (κ2) is 3.32. The molecular formula is C10H8ClN3. The summed E-state index contributed by atoms with van der Waals surface area (Å²) >= 11 is 5.96. The van der Waals surface area contributed by atoms with Gasteiger partial charge in [0.1, 0.15) is 0 Å². The highest BCUT2D eigenvalue weighted by atomic mass is 35.5. The molecule has 0 atom stereocenters. The average molecular weight is 206 g/mol. The lowest BCUT2D eigenvalue weighted by atomic mass is 10.1. The van der Waals surface area contributed by atoms with Gasteiger partial charge in [-0.1, -0.05) is 17.7 Å². The predicted octanol–water partition coefficient (Wildman–Crippen LogP) is 2.58. The Hall–Kier alpha value is -1.53. The molecule has 0 amide bonds. The number of aromatic nitrogens is 2. The SMILES string of the molecule is CCn1nc(Cl)c2c(C#N)cccc21. The summed E-state index contributed by atoms with van der Waals surface area (Å²) in [5.74, 6) is 0. The summed E-state index contributed by atoms with van der Waals surface area (Å²) in [6.45, 7) is 2.74. The van der Waals surface area contributed by atoms with E-state index in [4.69, 9.17) is 16.9 Å². The Morgan fingerprint density at radius 1 is 1.57 bits per heavy atom. The molecule has 0 spiro atoms. The molecule has 0 saturated carbocycles. The highest BCUT2D eigenvalue weighted by molar-refractivity contribution is 6.34. The molecule has 1 aromatic carbocycles. The first-order chi connectivity index (χ1) is 6.77. The quantitative estimate of drug-likeness (QED) is 0.718. The molecule has 1 aromatic heterocycles. The second-order valence-corrected chi connectivity index (χ2v) is 3.28. The van der Waals surface area contributed by atoms with Gasteiger partial charge in [0.2, 0.25) is 0 Å². The Balaban J connectivity index is 2.90. The largest absolute Gasteiger partial charge is 0.264 e. The summed E-state index contributed by atoms with van der Waals surface area (Å²) in [7, 11) is 0. The first-order valence-electron chi connectivity index (χ1n) is 4.33. The molecular weight excluding hydrogens is 198 g/mol. The topological polar surface area (TPSA) is 41.6 Å². The van der Waals surface area contributed by atoms with Crippen LogP contribution in [0.2, 0.25) is 5.15 Å². The van der Waals surface area contributed by atoms with Gasteiger partial charge in [-0.2, -0.15) is 10.4 Å². The number of hydrogen-bond acceptors (Lipinski definition) is 2. The Kier molecular flexibility index (Phi) is 2.14. The van der Waals surface area contributed by atoms with Crippen LogP contribution in [0, 0.1) is 11.3 Å². The normalized spacial score (nSPS) is 10.4. The minimum atomic E-state index is 0.402. The number of nitriles is 1. The van der Waals surface area contributed by atoms with Crippen molar-refractivity contribution in [1.82, 2.24) is 9.78 Å². The van der Waals surface area contributed by atoms with Gasteiger partial charge in [-0.15, -0.1) is 0 Å². The molecule has 0 radical (unpaired) electrons. The monoisotopic (exact) mass is 205 g/mol. The van der Waals surface area contributed by atoms with Crippen molar-refractivity contribution in [1.29, 1.82) is 5.26 Å². The molecule has 4 heteroatoms. The van der Waals surface area contributed by atoms with E-state index in [2.05, 4.69) is 11.2 Å². The molecule has 2 rings (SSSR count). The van der Waals surface area contributed by atoms with Gasteiger partial charge in [-0.05, 0) is 19.1 Å². The average Bonchev–Trinajstić information content (AvgIpc) is 2.55. The van der Waals surface area contributed by atoms with E-state index in [1.807, 2.05) is 19.1 Å². The lowest BCUT2D eigenvalue weighted by Gasteiger charge is -1.97. The van der Waals surface area contributed by atoms with E-state index in [9.17, 15) is 0 Å². The van der Waals surface area contributed by atoms with E-state index in [0.29, 0.717) is 10.7 Å². The highest BCUT2D eigenvalue weighted by Gasteiger charge is 2.10. The Labute approximate surface area is 86.5 Å². The minimum absolute atomic E-state index is 0.402. The van der Waals surface area contributed by atoms with Crippen LogP contribution in [0.4, 0.5) is 0 Å². The Morgan fingerprint density at radius 3 is 3.00 bits per heavy atom. The van der Waals surface area contributed by atoms with E-state index in [0.717, 1.165) is 17.4 Å². The van der Waals surface area contributed by atoms with Gasteiger partial charge in [0.25, 0.3) is 0 Å². The smallest absolute Gasteiger partial charge is 0.160 e. The maximum Gasteiger partial charge on any atom is 0.160 e. The lowest BCUT2D eigenvalue weighted by molar-refractivity contribution is 0.684. The summed E-state index contributed by atoms with van der Waals surface area (Å²) in [5, 5.41) is 14.2. The van der Waals surface area contributed by atoms with E-state index in [-0.39, 0.29) is 0 Å². The number of nitrogens with zero attached hydrogens (tertiary/aromatic N) is 3. The zero-order chi connectivity index (χ0) is 10.1. The van der Waals surface area contributed by atoms with Crippen LogP contribution in [0.15, 0.2) is 18.2 Å². The number of rotatable bonds is 1. The van der Waals surface area contributed by atoms with Crippen molar-refractivity contribution < 1.29 is 0 Å². The molecule has 0 aliphatic rings. The number of hydrogen-bond donors (Lipinski definition) is 0. The van der Waals surface area contributed by atoms with E-state index in [1.54, 1.807) is 10.7 Å². The molecule has 3 nitrogen and oxygen atoms in total. The Bertz CT molecular complexity index is 522. The first kappa shape index (κ1) is 9.04. The molecule has 0 saturated heterocycles. The number of halogens is 1. The van der Waals surface area contributed by atoms with E-state index < -0.39 is 0 Å². The van der Waals surface area contributed by atoms with Crippen molar-refractivity contribution in [2.75, 3.05) is 0 Å². The first-order valence-corrected chi connectivity index (χ1v) is 4.71. The molecule has 0 N–H and O–H groups in total. The van der Waals surface area contributed by atoms with Crippen molar-refractivity contribution in [3.8, 4) is 6.07 Å². The van der Waals surface area contributed by atoms with Gasteiger partial charge < -0.3 is 0 Å². The molecule has 1 heterocycles. The van der Waals surface area contributed by atoms with Gasteiger partial charge in [-0.3, -0.25) is 4.68 Å². The van der Waals surface area contributed by atoms with Gasteiger partial charge in [0.15, 0.2) is 5.15 Å². The van der Waals surface area contributed by atoms with Crippen molar-refractivity contribution in [3.05, 3.63) is 28.9 Å². The third-order valence-electron chi connectivity index (χ3n) is 2.16. The maximum absolute atomic E-state index is 8.90. The van der Waals surface area contributed by atoms with Crippen LogP contribution >= 0.6 is 11.6 Å². The zero-order valence-corrected chi connectivity index (χ0v) is 8.41. The van der Waals surface area contributed by atoms with Gasteiger partial charge in [0.05, 0.1) is 22.5 Å². The summed E-state index contributed by atoms with van der Waals surface area (Å²) in [6.07, 6.45) is 0. The third-order valence-corrected chi connectivity index (χ3v) is 2.42. The lowest BCUT2D eigenvalue weighted by Crippen LogP contribution is -1.95. The minimum Gasteiger partial charge on any atom is -0.264 e. The standard InChI is InChI=1S/C10H8ClN3/c1-2-14-8-5-3-4-7(6-12)9(8)10(11)13-14/h3-5H,2H2,1H3. The molecule has 70 valence electrons. The maximum atomic E-state index is 8.90. The van der Waals surface area contributed by atoms with Crippen LogP contribution in [-0.2, 0) is 6.54 Å². The van der Waals surface area contributed by atoms with E-state index in [1.165, 1.54) is 0 Å². The number of benzene rings is 1. The van der Waals surface area contributed by atoms with Crippen molar-refractivity contribution in [2.24, 2.45) is 0 Å². The van der Waals surface area contributed by atoms with Gasteiger partial charge in [0, 0.05) is 6.54 Å². The molecule has 14 heavy (non-hydrogen) atoms. The molecule has 0 unspecified atom stereocenters.